The summed E-state index contributed by atoms with van der Waals surface area (Å²) in [6.07, 6.45) is 3.87. The summed E-state index contributed by atoms with van der Waals surface area (Å²) in [5, 5.41) is 2.85. The number of nitrogens with two attached hydrogens (primary N) is 1. The average molecular weight is 276 g/mol. The molecule has 1 fully saturated rings. The van der Waals surface area contributed by atoms with Crippen LogP contribution in [0.2, 0.25) is 0 Å². The maximum Gasteiger partial charge on any atom is 0.407 e. The van der Waals surface area contributed by atoms with Crippen LogP contribution in [0.1, 0.15) is 38.2 Å². The van der Waals surface area contributed by atoms with Crippen LogP contribution in [0.25, 0.3) is 0 Å². The first-order valence-corrected chi connectivity index (χ1v) is 7.29. The largest absolute Gasteiger partial charge is 0.445 e. The highest BCUT2D eigenvalue weighted by Gasteiger charge is 2.27. The molecule has 1 amide bonds. The lowest BCUT2D eigenvalue weighted by Gasteiger charge is -2.34. The summed E-state index contributed by atoms with van der Waals surface area (Å²) in [5.74, 6) is 0.524. The second-order valence-electron chi connectivity index (χ2n) is 6.04. The molecule has 1 aromatic rings. The monoisotopic (exact) mass is 276 g/mol. The zero-order valence-corrected chi connectivity index (χ0v) is 12.1. The zero-order chi connectivity index (χ0) is 14.4. The van der Waals surface area contributed by atoms with E-state index in [1.165, 1.54) is 0 Å². The summed E-state index contributed by atoms with van der Waals surface area (Å²) in [7, 11) is 0. The topological polar surface area (TPSA) is 64.3 Å². The predicted molar refractivity (Wildman–Crippen MR) is 79.2 cm³/mol. The van der Waals surface area contributed by atoms with Crippen molar-refractivity contribution in [2.45, 2.75) is 44.8 Å². The van der Waals surface area contributed by atoms with Gasteiger partial charge in [0.2, 0.25) is 0 Å². The number of carbonyl (C=O) groups is 1. The molecule has 0 saturated heterocycles. The van der Waals surface area contributed by atoms with Crippen molar-refractivity contribution in [1.82, 2.24) is 5.32 Å². The lowest BCUT2D eigenvalue weighted by atomic mass is 9.78. The number of amides is 1. The van der Waals surface area contributed by atoms with E-state index in [2.05, 4.69) is 12.2 Å². The molecule has 4 heteroatoms. The Labute approximate surface area is 120 Å². The van der Waals surface area contributed by atoms with Crippen molar-refractivity contribution in [3.63, 3.8) is 0 Å². The van der Waals surface area contributed by atoms with Crippen molar-refractivity contribution in [3.8, 4) is 0 Å². The van der Waals surface area contributed by atoms with Gasteiger partial charge in [-0.05, 0) is 44.1 Å². The molecule has 0 radical (unpaired) electrons. The molecule has 0 unspecified atom stereocenters. The van der Waals surface area contributed by atoms with Crippen LogP contribution in [0.15, 0.2) is 30.3 Å². The third kappa shape index (κ3) is 4.85. The summed E-state index contributed by atoms with van der Waals surface area (Å²) < 4.78 is 5.19. The van der Waals surface area contributed by atoms with Crippen LogP contribution in [-0.2, 0) is 11.3 Å². The van der Waals surface area contributed by atoms with Crippen molar-refractivity contribution in [3.05, 3.63) is 35.9 Å². The molecule has 1 aromatic carbocycles. The molecule has 0 bridgehead atoms. The van der Waals surface area contributed by atoms with Gasteiger partial charge in [-0.3, -0.25) is 0 Å². The van der Waals surface area contributed by atoms with Gasteiger partial charge in [-0.2, -0.15) is 0 Å². The third-order valence-electron chi connectivity index (χ3n) is 4.00. The minimum atomic E-state index is -0.338. The molecule has 0 aromatic heterocycles. The van der Waals surface area contributed by atoms with Gasteiger partial charge in [-0.1, -0.05) is 30.3 Å². The Kier molecular flexibility index (Phi) is 5.01. The molecule has 3 N–H and O–H groups in total. The molecular formula is C16H24N2O2. The van der Waals surface area contributed by atoms with E-state index in [4.69, 9.17) is 10.5 Å². The summed E-state index contributed by atoms with van der Waals surface area (Å²) in [6.45, 7) is 3.10. The van der Waals surface area contributed by atoms with Gasteiger partial charge >= 0.3 is 6.09 Å². The van der Waals surface area contributed by atoms with Gasteiger partial charge in [-0.15, -0.1) is 0 Å². The molecule has 0 aliphatic heterocycles. The van der Waals surface area contributed by atoms with Gasteiger partial charge in [0.15, 0.2) is 0 Å². The van der Waals surface area contributed by atoms with Crippen LogP contribution in [0.3, 0.4) is 0 Å². The highest BCUT2D eigenvalue weighted by atomic mass is 16.5. The summed E-state index contributed by atoms with van der Waals surface area (Å²) in [4.78, 5) is 11.6. The molecule has 1 saturated carbocycles. The minimum absolute atomic E-state index is 0.0235. The fourth-order valence-electron chi connectivity index (χ4n) is 2.54. The highest BCUT2D eigenvalue weighted by molar-refractivity contribution is 5.67. The van der Waals surface area contributed by atoms with Gasteiger partial charge in [-0.25, -0.2) is 4.79 Å². The number of carbonyl (C=O) groups excluding carboxylic acids is 1. The molecule has 1 aliphatic carbocycles. The maximum atomic E-state index is 11.6. The van der Waals surface area contributed by atoms with E-state index < -0.39 is 0 Å². The molecule has 0 heterocycles. The van der Waals surface area contributed by atoms with E-state index in [1.54, 1.807) is 0 Å². The van der Waals surface area contributed by atoms with Crippen LogP contribution in [0.4, 0.5) is 4.79 Å². The second-order valence-corrected chi connectivity index (χ2v) is 6.04. The van der Waals surface area contributed by atoms with Crippen molar-refractivity contribution in [1.29, 1.82) is 0 Å². The van der Waals surface area contributed by atoms with E-state index in [0.717, 1.165) is 31.2 Å². The second kappa shape index (κ2) is 6.75. The van der Waals surface area contributed by atoms with Crippen molar-refractivity contribution in [2.75, 3.05) is 6.54 Å². The smallest absolute Gasteiger partial charge is 0.407 e. The lowest BCUT2D eigenvalue weighted by molar-refractivity contribution is 0.135. The Morgan fingerprint density at radius 3 is 2.65 bits per heavy atom. The number of rotatable bonds is 4. The quantitative estimate of drug-likeness (QED) is 0.888. The minimum Gasteiger partial charge on any atom is -0.445 e. The van der Waals surface area contributed by atoms with Gasteiger partial charge in [0, 0.05) is 12.1 Å². The first kappa shape index (κ1) is 14.9. The number of benzene rings is 1. The zero-order valence-electron chi connectivity index (χ0n) is 12.1. The Morgan fingerprint density at radius 1 is 1.35 bits per heavy atom. The van der Waals surface area contributed by atoms with Crippen LogP contribution in [0.5, 0.6) is 0 Å². The average Bonchev–Trinajstić information content (AvgIpc) is 2.45. The van der Waals surface area contributed by atoms with E-state index in [0.29, 0.717) is 19.1 Å². The van der Waals surface area contributed by atoms with Gasteiger partial charge in [0.25, 0.3) is 0 Å². The highest BCUT2D eigenvalue weighted by Crippen LogP contribution is 2.29. The van der Waals surface area contributed by atoms with Crippen molar-refractivity contribution < 1.29 is 9.53 Å². The Balaban J connectivity index is 1.63. The molecule has 0 atom stereocenters. The number of nitrogens with one attached hydrogen (secondary N) is 1. The number of hydrogen-bond acceptors (Lipinski definition) is 3. The fourth-order valence-corrected chi connectivity index (χ4v) is 2.54. The molecule has 4 nitrogen and oxygen atoms in total. The van der Waals surface area contributed by atoms with Gasteiger partial charge < -0.3 is 15.8 Å². The first-order chi connectivity index (χ1) is 9.55. The van der Waals surface area contributed by atoms with Gasteiger partial charge in [0.05, 0.1) is 0 Å². The molecule has 0 spiro atoms. The number of alkyl carbamates (subject to hydrolysis) is 1. The maximum absolute atomic E-state index is 11.6. The normalized spacial score (nSPS) is 26.0. The number of hydrogen-bond donors (Lipinski definition) is 2. The molecule has 1 aliphatic rings. The molecule has 110 valence electrons. The summed E-state index contributed by atoms with van der Waals surface area (Å²) in [5.41, 5.74) is 7.07. The Morgan fingerprint density at radius 2 is 2.00 bits per heavy atom. The lowest BCUT2D eigenvalue weighted by Crippen LogP contribution is -2.42. The van der Waals surface area contributed by atoms with Gasteiger partial charge in [0.1, 0.15) is 6.61 Å². The van der Waals surface area contributed by atoms with Crippen LogP contribution in [0, 0.1) is 5.92 Å². The van der Waals surface area contributed by atoms with Crippen LogP contribution >= 0.6 is 0 Å². The fraction of sp³-hybridized carbons (Fsp3) is 0.562. The van der Waals surface area contributed by atoms with E-state index >= 15 is 0 Å². The van der Waals surface area contributed by atoms with Crippen LogP contribution < -0.4 is 11.1 Å². The third-order valence-corrected chi connectivity index (χ3v) is 4.00. The standard InChI is InChI=1S/C16H24N2O2/c1-16(17)9-7-13(8-10-16)11-18-15(19)20-12-14-5-3-2-4-6-14/h2-6,13H,7-12,17H2,1H3,(H,18,19). The molecule has 2 rings (SSSR count). The van der Waals surface area contributed by atoms with E-state index in [9.17, 15) is 4.79 Å². The predicted octanol–water partition coefficient (Wildman–Crippen LogP) is 2.82. The van der Waals surface area contributed by atoms with Crippen molar-refractivity contribution in [2.24, 2.45) is 11.7 Å². The molecular weight excluding hydrogens is 252 g/mol. The molecule has 20 heavy (non-hydrogen) atoms. The van der Waals surface area contributed by atoms with E-state index in [-0.39, 0.29) is 11.6 Å². The van der Waals surface area contributed by atoms with E-state index in [1.807, 2.05) is 30.3 Å². The number of ether oxygens (including phenoxy) is 1. The summed E-state index contributed by atoms with van der Waals surface area (Å²) >= 11 is 0. The Hall–Kier alpha value is -1.55. The summed E-state index contributed by atoms with van der Waals surface area (Å²) in [6, 6.07) is 9.69. The Bertz CT molecular complexity index is 421. The van der Waals surface area contributed by atoms with Crippen molar-refractivity contribution >= 4 is 6.09 Å². The first-order valence-electron chi connectivity index (χ1n) is 7.29. The SMILES string of the molecule is CC1(N)CCC(CNC(=O)OCc2ccccc2)CC1. The van der Waals surface area contributed by atoms with Crippen LogP contribution in [-0.4, -0.2) is 18.2 Å².